The summed E-state index contributed by atoms with van der Waals surface area (Å²) in [7, 11) is 0. The number of aryl methyl sites for hydroxylation is 1. The zero-order valence-corrected chi connectivity index (χ0v) is 12.0. The van der Waals surface area contributed by atoms with E-state index in [1.54, 1.807) is 13.0 Å². The molecule has 2 aromatic heterocycles. The van der Waals surface area contributed by atoms with Crippen LogP contribution in [0.25, 0.3) is 11.3 Å². The Morgan fingerprint density at radius 1 is 1.33 bits per heavy atom. The number of rotatable bonds is 3. The number of hydrogen-bond donors (Lipinski definition) is 2. The fraction of sp³-hybridized carbons (Fsp3) is 0.0714. The summed E-state index contributed by atoms with van der Waals surface area (Å²) in [6, 6.07) is 8.96. The number of benzene rings is 1. The van der Waals surface area contributed by atoms with Crippen molar-refractivity contribution < 1.29 is 9.32 Å². The van der Waals surface area contributed by atoms with E-state index in [0.29, 0.717) is 16.5 Å². The fourth-order valence-corrected chi connectivity index (χ4v) is 2.46. The van der Waals surface area contributed by atoms with Gasteiger partial charge in [-0.25, -0.2) is 4.98 Å². The van der Waals surface area contributed by atoms with Crippen molar-refractivity contribution >= 4 is 28.1 Å². The van der Waals surface area contributed by atoms with Gasteiger partial charge >= 0.3 is 0 Å². The molecule has 0 fully saturated rings. The minimum atomic E-state index is -0.367. The Balaban J connectivity index is 1.76. The molecule has 3 N–H and O–H groups in total. The number of carbonyl (C=O) groups is 1. The number of nitrogens with one attached hydrogen (secondary N) is 1. The molecule has 0 aliphatic rings. The number of thiazole rings is 1. The molecule has 0 spiro atoms. The Kier molecular flexibility index (Phi) is 3.41. The second-order valence-electron chi connectivity index (χ2n) is 4.45. The lowest BCUT2D eigenvalue weighted by molar-refractivity contribution is 0.0988. The van der Waals surface area contributed by atoms with E-state index in [2.05, 4.69) is 15.5 Å². The van der Waals surface area contributed by atoms with Gasteiger partial charge in [0.2, 0.25) is 5.76 Å². The minimum absolute atomic E-state index is 0.164. The van der Waals surface area contributed by atoms with Crippen molar-refractivity contribution in [2.24, 2.45) is 0 Å². The molecule has 6 nitrogen and oxygen atoms in total. The first-order chi connectivity index (χ1) is 10.1. The van der Waals surface area contributed by atoms with Gasteiger partial charge in [0.05, 0.1) is 11.4 Å². The molecule has 0 saturated carbocycles. The van der Waals surface area contributed by atoms with Crippen LogP contribution in [-0.4, -0.2) is 16.0 Å². The van der Waals surface area contributed by atoms with E-state index >= 15 is 0 Å². The van der Waals surface area contributed by atoms with Crippen LogP contribution in [0, 0.1) is 6.92 Å². The van der Waals surface area contributed by atoms with Crippen molar-refractivity contribution in [2.75, 3.05) is 11.1 Å². The highest BCUT2D eigenvalue weighted by Gasteiger charge is 2.14. The van der Waals surface area contributed by atoms with Gasteiger partial charge in [-0.2, -0.15) is 0 Å². The molecule has 1 amide bonds. The van der Waals surface area contributed by atoms with Crippen LogP contribution in [0.1, 0.15) is 16.2 Å². The summed E-state index contributed by atoms with van der Waals surface area (Å²) < 4.78 is 4.90. The molecular weight excluding hydrogens is 288 g/mol. The molecular formula is C14H12N4O2S. The summed E-state index contributed by atoms with van der Waals surface area (Å²) in [6.45, 7) is 1.75. The molecule has 7 heteroatoms. The van der Waals surface area contributed by atoms with Gasteiger partial charge in [-0.15, -0.1) is 11.3 Å². The molecule has 0 radical (unpaired) electrons. The van der Waals surface area contributed by atoms with Crippen LogP contribution in [0.4, 0.5) is 10.8 Å². The zero-order valence-electron chi connectivity index (χ0n) is 11.2. The number of anilines is 2. The first kappa shape index (κ1) is 13.3. The summed E-state index contributed by atoms with van der Waals surface area (Å²) in [4.78, 5) is 16.3. The monoisotopic (exact) mass is 300 g/mol. The topological polar surface area (TPSA) is 94.0 Å². The molecule has 0 saturated heterocycles. The Morgan fingerprint density at radius 3 is 2.76 bits per heavy atom. The van der Waals surface area contributed by atoms with Crippen molar-refractivity contribution in [1.29, 1.82) is 0 Å². The molecule has 0 bridgehead atoms. The molecule has 0 aliphatic heterocycles. The predicted octanol–water partition coefficient (Wildman–Crippen LogP) is 2.94. The van der Waals surface area contributed by atoms with Crippen molar-refractivity contribution in [3.63, 3.8) is 0 Å². The SMILES string of the molecule is Cc1cc(C(=O)Nc2nc(-c3ccc(N)cc3)cs2)on1. The van der Waals surface area contributed by atoms with Gasteiger partial charge in [0, 0.05) is 22.7 Å². The molecule has 0 unspecified atom stereocenters. The van der Waals surface area contributed by atoms with Crippen molar-refractivity contribution in [3.8, 4) is 11.3 Å². The number of hydrogen-bond acceptors (Lipinski definition) is 6. The molecule has 0 aliphatic carbocycles. The molecule has 3 aromatic rings. The van der Waals surface area contributed by atoms with Crippen LogP contribution in [0.2, 0.25) is 0 Å². The lowest BCUT2D eigenvalue weighted by Gasteiger charge is -1.98. The third-order valence-corrected chi connectivity index (χ3v) is 3.54. The number of nitrogens with zero attached hydrogens (tertiary/aromatic N) is 2. The molecule has 1 aromatic carbocycles. The average Bonchev–Trinajstić information content (AvgIpc) is 3.09. The maximum absolute atomic E-state index is 11.9. The lowest BCUT2D eigenvalue weighted by atomic mass is 10.1. The number of carbonyl (C=O) groups excluding carboxylic acids is 1. The van der Waals surface area contributed by atoms with Crippen LogP contribution in [0.5, 0.6) is 0 Å². The summed E-state index contributed by atoms with van der Waals surface area (Å²) in [5, 5.41) is 8.73. The average molecular weight is 300 g/mol. The quantitative estimate of drug-likeness (QED) is 0.725. The molecule has 21 heavy (non-hydrogen) atoms. The largest absolute Gasteiger partial charge is 0.399 e. The number of aromatic nitrogens is 2. The van der Waals surface area contributed by atoms with Gasteiger partial charge < -0.3 is 10.3 Å². The lowest BCUT2D eigenvalue weighted by Crippen LogP contribution is -2.10. The molecule has 106 valence electrons. The minimum Gasteiger partial charge on any atom is -0.399 e. The Bertz CT molecular complexity index is 776. The van der Waals surface area contributed by atoms with Crippen molar-refractivity contribution in [1.82, 2.24) is 10.1 Å². The van der Waals surface area contributed by atoms with Gasteiger partial charge in [0.1, 0.15) is 0 Å². The van der Waals surface area contributed by atoms with Crippen LogP contribution < -0.4 is 11.1 Å². The van der Waals surface area contributed by atoms with Gasteiger partial charge in [0.15, 0.2) is 5.13 Å². The van der Waals surface area contributed by atoms with Gasteiger partial charge in [-0.05, 0) is 19.1 Å². The predicted molar refractivity (Wildman–Crippen MR) is 81.2 cm³/mol. The standard InChI is InChI=1S/C14H12N4O2S/c1-8-6-12(20-18-8)13(19)17-14-16-11(7-21-14)9-2-4-10(15)5-3-9/h2-7H,15H2,1H3,(H,16,17,19). The zero-order chi connectivity index (χ0) is 14.8. The second-order valence-corrected chi connectivity index (χ2v) is 5.30. The van der Waals surface area contributed by atoms with E-state index in [9.17, 15) is 4.79 Å². The highest BCUT2D eigenvalue weighted by molar-refractivity contribution is 7.14. The molecule has 3 rings (SSSR count). The maximum Gasteiger partial charge on any atom is 0.296 e. The van der Waals surface area contributed by atoms with E-state index in [1.165, 1.54) is 11.3 Å². The van der Waals surface area contributed by atoms with Gasteiger partial charge in [-0.1, -0.05) is 17.3 Å². The Hall–Kier alpha value is -2.67. The maximum atomic E-state index is 11.9. The summed E-state index contributed by atoms with van der Waals surface area (Å²) in [6.07, 6.45) is 0. The Morgan fingerprint density at radius 2 is 2.10 bits per heavy atom. The van der Waals surface area contributed by atoms with E-state index < -0.39 is 0 Å². The first-order valence-corrected chi connectivity index (χ1v) is 7.06. The third-order valence-electron chi connectivity index (χ3n) is 2.78. The summed E-state index contributed by atoms with van der Waals surface area (Å²) in [5.74, 6) is -0.203. The van der Waals surface area contributed by atoms with Crippen molar-refractivity contribution in [3.05, 3.63) is 47.2 Å². The normalized spacial score (nSPS) is 10.5. The fourth-order valence-electron chi connectivity index (χ4n) is 1.75. The van der Waals surface area contributed by atoms with Crippen molar-refractivity contribution in [2.45, 2.75) is 6.92 Å². The first-order valence-electron chi connectivity index (χ1n) is 6.18. The highest BCUT2D eigenvalue weighted by Crippen LogP contribution is 2.25. The highest BCUT2D eigenvalue weighted by atomic mass is 32.1. The Labute approximate surface area is 124 Å². The van der Waals surface area contributed by atoms with E-state index in [-0.39, 0.29) is 11.7 Å². The van der Waals surface area contributed by atoms with E-state index in [1.807, 2.05) is 29.6 Å². The molecule has 2 heterocycles. The van der Waals surface area contributed by atoms with E-state index in [4.69, 9.17) is 10.3 Å². The van der Waals surface area contributed by atoms with E-state index in [0.717, 1.165) is 11.3 Å². The second kappa shape index (κ2) is 5.37. The van der Waals surface area contributed by atoms with Gasteiger partial charge in [0.25, 0.3) is 5.91 Å². The summed E-state index contributed by atoms with van der Waals surface area (Å²) >= 11 is 1.34. The third kappa shape index (κ3) is 2.92. The van der Waals surface area contributed by atoms with Crippen LogP contribution >= 0.6 is 11.3 Å². The van der Waals surface area contributed by atoms with Crippen LogP contribution in [-0.2, 0) is 0 Å². The molecule has 0 atom stereocenters. The van der Waals surface area contributed by atoms with Gasteiger partial charge in [-0.3, -0.25) is 10.1 Å². The van der Waals surface area contributed by atoms with Crippen LogP contribution in [0.15, 0.2) is 40.2 Å². The number of nitrogen functional groups attached to an aromatic ring is 1. The number of amides is 1. The summed E-state index contributed by atoms with van der Waals surface area (Å²) in [5.41, 5.74) is 8.73. The number of nitrogens with two attached hydrogens (primary N) is 1. The smallest absolute Gasteiger partial charge is 0.296 e. The van der Waals surface area contributed by atoms with Crippen LogP contribution in [0.3, 0.4) is 0 Å².